The molecule has 0 unspecified atom stereocenters. The Bertz CT molecular complexity index is 1840. The fourth-order valence-corrected chi connectivity index (χ4v) is 6.37. The molecule has 0 bridgehead atoms. The van der Waals surface area contributed by atoms with Gasteiger partial charge in [0.2, 0.25) is 17.7 Å². The van der Waals surface area contributed by atoms with Crippen LogP contribution in [0.5, 0.6) is 11.6 Å². The molecular weight excluding hydrogens is 651 g/mol. The first-order chi connectivity index (χ1) is 23.8. The number of pyridine rings is 3. The van der Waals surface area contributed by atoms with Gasteiger partial charge >= 0.3 is 0 Å². The van der Waals surface area contributed by atoms with Crippen LogP contribution in [0.25, 0.3) is 22.5 Å². The highest BCUT2D eigenvalue weighted by Gasteiger charge is 2.23. The number of carbonyl (C=O) groups is 2. The molecule has 49 heavy (non-hydrogen) atoms. The molecule has 12 nitrogen and oxygen atoms in total. The molecule has 2 atom stereocenters. The van der Waals surface area contributed by atoms with E-state index in [9.17, 15) is 9.59 Å². The highest BCUT2D eigenvalue weighted by Crippen LogP contribution is 2.42. The Morgan fingerprint density at radius 2 is 1.55 bits per heavy atom. The number of para-hydroxylation sites is 1. The number of anilines is 2. The summed E-state index contributed by atoms with van der Waals surface area (Å²) in [5, 5.41) is 15.9. The largest absolute Gasteiger partial charge is 0.494 e. The van der Waals surface area contributed by atoms with Crippen molar-refractivity contribution < 1.29 is 23.5 Å². The molecule has 2 saturated heterocycles. The molecule has 2 aliphatic heterocycles. The van der Waals surface area contributed by atoms with Crippen molar-refractivity contribution in [3.63, 3.8) is 0 Å². The van der Waals surface area contributed by atoms with E-state index in [0.29, 0.717) is 82.9 Å². The summed E-state index contributed by atoms with van der Waals surface area (Å²) in [6, 6.07) is 12.7. The van der Waals surface area contributed by atoms with Gasteiger partial charge in [-0.25, -0.2) is 14.4 Å². The summed E-state index contributed by atoms with van der Waals surface area (Å²) >= 11 is 7.00. The van der Waals surface area contributed by atoms with Gasteiger partial charge in [-0.2, -0.15) is 0 Å². The van der Waals surface area contributed by atoms with Crippen molar-refractivity contribution >= 4 is 34.9 Å². The number of nitrogens with zero attached hydrogens (tertiary/aromatic N) is 3. The zero-order chi connectivity index (χ0) is 34.3. The number of hydrogen-bond acceptors (Lipinski definition) is 10. The van der Waals surface area contributed by atoms with Gasteiger partial charge in [0.05, 0.1) is 36.3 Å². The molecule has 6 rings (SSSR count). The van der Waals surface area contributed by atoms with Crippen LogP contribution in [0.15, 0.2) is 54.9 Å². The summed E-state index contributed by atoms with van der Waals surface area (Å²) in [6.45, 7) is 1.99. The van der Waals surface area contributed by atoms with Gasteiger partial charge < -0.3 is 36.1 Å². The van der Waals surface area contributed by atoms with E-state index >= 15 is 4.39 Å². The van der Waals surface area contributed by atoms with Crippen molar-refractivity contribution in [3.05, 3.63) is 76.8 Å². The summed E-state index contributed by atoms with van der Waals surface area (Å²) in [4.78, 5) is 36.5. The van der Waals surface area contributed by atoms with E-state index in [2.05, 4.69) is 36.6 Å². The number of carbonyl (C=O) groups excluding carboxylic acids is 2. The van der Waals surface area contributed by atoms with Crippen LogP contribution in [0, 0.1) is 5.82 Å². The summed E-state index contributed by atoms with van der Waals surface area (Å²) in [6.07, 6.45) is 5.82. The van der Waals surface area contributed by atoms with Crippen LogP contribution in [0.4, 0.5) is 15.9 Å². The fourth-order valence-electron chi connectivity index (χ4n) is 6.06. The minimum Gasteiger partial charge on any atom is -0.494 e. The molecule has 3 aromatic heterocycles. The van der Waals surface area contributed by atoms with Crippen LogP contribution >= 0.6 is 11.6 Å². The van der Waals surface area contributed by atoms with Crippen molar-refractivity contribution in [1.29, 1.82) is 0 Å². The van der Waals surface area contributed by atoms with Gasteiger partial charge in [-0.1, -0.05) is 23.7 Å². The summed E-state index contributed by atoms with van der Waals surface area (Å²) < 4.78 is 27.0. The van der Waals surface area contributed by atoms with Crippen LogP contribution in [0.3, 0.4) is 0 Å². The highest BCUT2D eigenvalue weighted by molar-refractivity contribution is 6.35. The van der Waals surface area contributed by atoms with E-state index in [1.165, 1.54) is 13.3 Å². The average Bonchev–Trinajstić information content (AvgIpc) is 3.73. The van der Waals surface area contributed by atoms with Gasteiger partial charge in [0.25, 0.3) is 0 Å². The van der Waals surface area contributed by atoms with Crippen LogP contribution in [0.2, 0.25) is 5.02 Å². The lowest BCUT2D eigenvalue weighted by atomic mass is 10.0. The minimum absolute atomic E-state index is 0.0376. The van der Waals surface area contributed by atoms with Gasteiger partial charge in [-0.05, 0) is 43.2 Å². The number of rotatable bonds is 14. The molecule has 0 saturated carbocycles. The molecule has 256 valence electrons. The Morgan fingerprint density at radius 1 is 0.857 bits per heavy atom. The monoisotopic (exact) mass is 688 g/mol. The number of aromatic nitrogens is 3. The summed E-state index contributed by atoms with van der Waals surface area (Å²) in [5.41, 5.74) is 4.05. The first-order valence-corrected chi connectivity index (χ1v) is 16.5. The molecule has 5 heterocycles. The first kappa shape index (κ1) is 34.0. The molecule has 2 amide bonds. The van der Waals surface area contributed by atoms with E-state index in [1.807, 2.05) is 18.2 Å². The van der Waals surface area contributed by atoms with Crippen LogP contribution in [-0.4, -0.2) is 66.2 Å². The number of amides is 2. The zero-order valence-electron chi connectivity index (χ0n) is 27.2. The number of hydrogen-bond donors (Lipinski definition) is 5. The second kappa shape index (κ2) is 15.6. The van der Waals surface area contributed by atoms with Crippen molar-refractivity contribution in [2.24, 2.45) is 0 Å². The average molecular weight is 689 g/mol. The molecule has 2 fully saturated rings. The fraction of sp³-hybridized carbons (Fsp3) is 0.343. The van der Waals surface area contributed by atoms with Crippen LogP contribution in [-0.2, 0) is 22.7 Å². The Labute approximate surface area is 288 Å². The maximum Gasteiger partial charge on any atom is 0.220 e. The Balaban J connectivity index is 1.20. The van der Waals surface area contributed by atoms with E-state index < -0.39 is 5.82 Å². The van der Waals surface area contributed by atoms with Crippen molar-refractivity contribution in [3.8, 4) is 34.1 Å². The van der Waals surface area contributed by atoms with E-state index in [1.54, 1.807) is 37.6 Å². The van der Waals surface area contributed by atoms with Crippen LogP contribution < -0.4 is 36.1 Å². The highest BCUT2D eigenvalue weighted by atomic mass is 35.5. The Kier molecular flexibility index (Phi) is 10.8. The summed E-state index contributed by atoms with van der Waals surface area (Å²) in [5.74, 6) is 0.516. The standard InChI is InChI=1S/C35H38ClFN8O4/c1-48-33-25(4-3-5-27(33)44-34-31(37)20(12-14-41-34)16-38-18-22-7-10-28(46)42-22)32-30(36)24(13-15-40-32)26-9-6-21(35(45-26)49-2)17-39-19-23-8-11-29(47)43-23/h3-6,9,12-15,22-23,38-39H,7-8,10-11,16-19H2,1-2H3,(H,41,44)(H,42,46)(H,43,47)/t22-,23+/m0/s1. The topological polar surface area (TPSA) is 151 Å². The van der Waals surface area contributed by atoms with Gasteiger partial charge in [0, 0.05) is 85.8 Å². The summed E-state index contributed by atoms with van der Waals surface area (Å²) in [7, 11) is 3.09. The van der Waals surface area contributed by atoms with Gasteiger partial charge in [0.1, 0.15) is 0 Å². The van der Waals surface area contributed by atoms with E-state index in [0.717, 1.165) is 18.4 Å². The molecule has 4 aromatic rings. The lowest BCUT2D eigenvalue weighted by Crippen LogP contribution is -2.35. The smallest absolute Gasteiger partial charge is 0.220 e. The van der Waals surface area contributed by atoms with Crippen LogP contribution in [0.1, 0.15) is 36.8 Å². The number of halogens is 2. The Morgan fingerprint density at radius 3 is 2.20 bits per heavy atom. The predicted molar refractivity (Wildman–Crippen MR) is 184 cm³/mol. The maximum atomic E-state index is 15.6. The third-order valence-electron chi connectivity index (χ3n) is 8.58. The molecule has 0 spiro atoms. The van der Waals surface area contributed by atoms with Gasteiger partial charge in [0.15, 0.2) is 17.4 Å². The SMILES string of the molecule is COc1nc(-c2ccnc(-c3cccc(Nc4nccc(CNC[C@@H]5CCC(=O)N5)c4F)c3OC)c2Cl)ccc1CNC[C@H]1CCC(=O)N1. The lowest BCUT2D eigenvalue weighted by Gasteiger charge is -2.17. The maximum absolute atomic E-state index is 15.6. The third-order valence-corrected chi connectivity index (χ3v) is 8.96. The van der Waals surface area contributed by atoms with Crippen molar-refractivity contribution in [2.75, 3.05) is 32.6 Å². The number of nitrogens with one attached hydrogen (secondary N) is 5. The first-order valence-electron chi connectivity index (χ1n) is 16.1. The predicted octanol–water partition coefficient (Wildman–Crippen LogP) is 4.50. The van der Waals surface area contributed by atoms with Gasteiger partial charge in [-0.3, -0.25) is 14.6 Å². The second-order valence-corrected chi connectivity index (χ2v) is 12.3. The zero-order valence-corrected chi connectivity index (χ0v) is 28.0. The van der Waals surface area contributed by atoms with Crippen molar-refractivity contribution in [2.45, 2.75) is 50.9 Å². The second-order valence-electron chi connectivity index (χ2n) is 11.9. The number of ether oxygens (including phenoxy) is 2. The molecule has 0 radical (unpaired) electrons. The lowest BCUT2D eigenvalue weighted by molar-refractivity contribution is -0.120. The molecule has 5 N–H and O–H groups in total. The molecule has 1 aromatic carbocycles. The normalized spacial score (nSPS) is 17.1. The number of benzene rings is 1. The molecule has 2 aliphatic rings. The minimum atomic E-state index is -0.500. The molecule has 14 heteroatoms. The van der Waals surface area contributed by atoms with Gasteiger partial charge in [-0.15, -0.1) is 0 Å². The third kappa shape index (κ3) is 7.90. The van der Waals surface area contributed by atoms with Crippen molar-refractivity contribution in [1.82, 2.24) is 36.2 Å². The Hall–Kier alpha value is -4.85. The van der Waals surface area contributed by atoms with E-state index in [-0.39, 0.29) is 36.3 Å². The molecule has 0 aliphatic carbocycles. The molecular formula is C35H38ClFN8O4. The van der Waals surface area contributed by atoms with E-state index in [4.69, 9.17) is 26.1 Å². The number of methoxy groups -OCH3 is 2. The quantitative estimate of drug-likeness (QED) is 0.128.